The van der Waals surface area contributed by atoms with Gasteiger partial charge in [0.2, 0.25) is 0 Å². The highest BCUT2D eigenvalue weighted by atomic mass is 16.5. The maximum atomic E-state index is 12.0. The van der Waals surface area contributed by atoms with E-state index in [1.165, 1.54) is 0 Å². The largest absolute Gasteiger partial charge is 0.484 e. The Hall–Kier alpha value is -2.37. The molecule has 1 amide bonds. The number of hydrogen-bond donors (Lipinski definition) is 2. The Balaban J connectivity index is 1.71. The third kappa shape index (κ3) is 7.68. The molecule has 0 heterocycles. The lowest BCUT2D eigenvalue weighted by Gasteiger charge is -2.10. The second kappa shape index (κ2) is 11.3. The van der Waals surface area contributed by atoms with Crippen molar-refractivity contribution in [1.29, 1.82) is 0 Å². The van der Waals surface area contributed by atoms with Gasteiger partial charge in [0.15, 0.2) is 6.61 Å². The van der Waals surface area contributed by atoms with E-state index in [9.17, 15) is 4.79 Å². The standard InChI is InChI=1S/C21H28N2O3/c1-3-25-13-5-12-22-15-18-6-4-7-20(14-18)26-16-21(24)23-19-10-8-17(2)9-11-19/h4,6-11,14,22H,3,5,12-13,15-16H2,1-2H3,(H,23,24). The van der Waals surface area contributed by atoms with Gasteiger partial charge < -0.3 is 20.1 Å². The molecular weight excluding hydrogens is 328 g/mol. The van der Waals surface area contributed by atoms with Crippen molar-refractivity contribution >= 4 is 11.6 Å². The molecule has 0 aliphatic rings. The van der Waals surface area contributed by atoms with Crippen molar-refractivity contribution in [3.8, 4) is 5.75 Å². The zero-order chi connectivity index (χ0) is 18.6. The molecule has 26 heavy (non-hydrogen) atoms. The van der Waals surface area contributed by atoms with Crippen molar-refractivity contribution in [2.75, 3.05) is 31.7 Å². The summed E-state index contributed by atoms with van der Waals surface area (Å²) in [4.78, 5) is 12.0. The van der Waals surface area contributed by atoms with Crippen molar-refractivity contribution in [2.24, 2.45) is 0 Å². The lowest BCUT2D eigenvalue weighted by Crippen LogP contribution is -2.20. The fraction of sp³-hybridized carbons (Fsp3) is 0.381. The van der Waals surface area contributed by atoms with Crippen LogP contribution in [0.3, 0.4) is 0 Å². The first kappa shape index (κ1) is 19.9. The summed E-state index contributed by atoms with van der Waals surface area (Å²) in [5.74, 6) is 0.519. The van der Waals surface area contributed by atoms with Gasteiger partial charge in [-0.3, -0.25) is 4.79 Å². The molecule has 0 saturated heterocycles. The van der Waals surface area contributed by atoms with E-state index in [0.717, 1.165) is 49.5 Å². The molecule has 0 spiro atoms. The third-order valence-electron chi connectivity index (χ3n) is 3.78. The van der Waals surface area contributed by atoms with E-state index in [1.807, 2.05) is 62.4 Å². The summed E-state index contributed by atoms with van der Waals surface area (Å²) in [5.41, 5.74) is 3.05. The van der Waals surface area contributed by atoms with E-state index in [-0.39, 0.29) is 12.5 Å². The number of carbonyl (C=O) groups excluding carboxylic acids is 1. The number of hydrogen-bond acceptors (Lipinski definition) is 4. The minimum absolute atomic E-state index is 0.0148. The summed E-state index contributed by atoms with van der Waals surface area (Å²) in [6, 6.07) is 15.5. The van der Waals surface area contributed by atoms with Crippen molar-refractivity contribution in [1.82, 2.24) is 5.32 Å². The van der Waals surface area contributed by atoms with Gasteiger partial charge in [0.05, 0.1) is 0 Å². The molecular formula is C21H28N2O3. The predicted molar refractivity (Wildman–Crippen MR) is 105 cm³/mol. The number of amides is 1. The fourth-order valence-electron chi connectivity index (χ4n) is 2.40. The van der Waals surface area contributed by atoms with E-state index in [0.29, 0.717) is 5.75 Å². The summed E-state index contributed by atoms with van der Waals surface area (Å²) >= 11 is 0. The molecule has 0 aromatic heterocycles. The van der Waals surface area contributed by atoms with Crippen molar-refractivity contribution in [2.45, 2.75) is 26.8 Å². The van der Waals surface area contributed by atoms with Gasteiger partial charge in [-0.15, -0.1) is 0 Å². The molecule has 0 saturated carbocycles. The van der Waals surface area contributed by atoms with Crippen LogP contribution in [-0.2, 0) is 16.1 Å². The lowest BCUT2D eigenvalue weighted by molar-refractivity contribution is -0.118. The average molecular weight is 356 g/mol. The Morgan fingerprint density at radius 1 is 1.12 bits per heavy atom. The Bertz CT molecular complexity index is 671. The molecule has 5 heteroatoms. The quantitative estimate of drug-likeness (QED) is 0.605. The van der Waals surface area contributed by atoms with Crippen LogP contribution in [0.15, 0.2) is 48.5 Å². The first-order chi connectivity index (χ1) is 12.7. The first-order valence-electron chi connectivity index (χ1n) is 9.04. The SMILES string of the molecule is CCOCCCNCc1cccc(OCC(=O)Nc2ccc(C)cc2)c1. The molecule has 0 atom stereocenters. The van der Waals surface area contributed by atoms with Gasteiger partial charge in [-0.1, -0.05) is 29.8 Å². The summed E-state index contributed by atoms with van der Waals surface area (Å²) in [6.45, 7) is 7.21. The van der Waals surface area contributed by atoms with Crippen LogP contribution < -0.4 is 15.4 Å². The topological polar surface area (TPSA) is 59.6 Å². The highest BCUT2D eigenvalue weighted by Crippen LogP contribution is 2.14. The van der Waals surface area contributed by atoms with Crippen LogP contribution in [0, 0.1) is 6.92 Å². The third-order valence-corrected chi connectivity index (χ3v) is 3.78. The zero-order valence-electron chi connectivity index (χ0n) is 15.6. The minimum Gasteiger partial charge on any atom is -0.484 e. The molecule has 0 radical (unpaired) electrons. The maximum absolute atomic E-state index is 12.0. The number of aryl methyl sites for hydroxylation is 1. The number of benzene rings is 2. The molecule has 2 aromatic carbocycles. The molecule has 2 aromatic rings. The van der Waals surface area contributed by atoms with Crippen LogP contribution in [0.4, 0.5) is 5.69 Å². The van der Waals surface area contributed by atoms with Gasteiger partial charge in [-0.05, 0) is 56.6 Å². The van der Waals surface area contributed by atoms with Crippen molar-refractivity contribution < 1.29 is 14.3 Å². The molecule has 0 aliphatic carbocycles. The molecule has 0 bridgehead atoms. The Morgan fingerprint density at radius 3 is 2.69 bits per heavy atom. The number of anilines is 1. The number of carbonyl (C=O) groups is 1. The van der Waals surface area contributed by atoms with Gasteiger partial charge in [0, 0.05) is 25.4 Å². The van der Waals surface area contributed by atoms with E-state index < -0.39 is 0 Å². The Kier molecular flexibility index (Phi) is 8.66. The second-order valence-electron chi connectivity index (χ2n) is 6.08. The van der Waals surface area contributed by atoms with Crippen molar-refractivity contribution in [3.05, 3.63) is 59.7 Å². The molecule has 0 unspecified atom stereocenters. The average Bonchev–Trinajstić information content (AvgIpc) is 2.65. The van der Waals surface area contributed by atoms with E-state index >= 15 is 0 Å². The summed E-state index contributed by atoms with van der Waals surface area (Å²) in [6.07, 6.45) is 0.989. The number of rotatable bonds is 11. The lowest BCUT2D eigenvalue weighted by atomic mass is 10.2. The number of ether oxygens (including phenoxy) is 2. The second-order valence-corrected chi connectivity index (χ2v) is 6.08. The smallest absolute Gasteiger partial charge is 0.262 e. The highest BCUT2D eigenvalue weighted by Gasteiger charge is 2.04. The molecule has 5 nitrogen and oxygen atoms in total. The maximum Gasteiger partial charge on any atom is 0.262 e. The van der Waals surface area contributed by atoms with Gasteiger partial charge in [0.25, 0.3) is 5.91 Å². The van der Waals surface area contributed by atoms with E-state index in [4.69, 9.17) is 9.47 Å². The minimum atomic E-state index is -0.173. The Labute approximate surface area is 155 Å². The number of nitrogens with one attached hydrogen (secondary N) is 2. The zero-order valence-corrected chi connectivity index (χ0v) is 15.6. The normalized spacial score (nSPS) is 10.5. The summed E-state index contributed by atoms with van der Waals surface area (Å²) in [7, 11) is 0. The van der Waals surface area contributed by atoms with E-state index in [1.54, 1.807) is 0 Å². The molecule has 2 rings (SSSR count). The van der Waals surface area contributed by atoms with Gasteiger partial charge in [-0.2, -0.15) is 0 Å². The highest BCUT2D eigenvalue weighted by molar-refractivity contribution is 5.91. The van der Waals surface area contributed by atoms with Crippen LogP contribution in [0.2, 0.25) is 0 Å². The summed E-state index contributed by atoms with van der Waals surface area (Å²) in [5, 5.41) is 6.20. The van der Waals surface area contributed by atoms with Crippen LogP contribution in [0.25, 0.3) is 0 Å². The van der Waals surface area contributed by atoms with Crippen LogP contribution >= 0.6 is 0 Å². The molecule has 140 valence electrons. The molecule has 0 aliphatic heterocycles. The van der Waals surface area contributed by atoms with Crippen molar-refractivity contribution in [3.63, 3.8) is 0 Å². The van der Waals surface area contributed by atoms with Gasteiger partial charge >= 0.3 is 0 Å². The van der Waals surface area contributed by atoms with Crippen LogP contribution in [0.5, 0.6) is 5.75 Å². The first-order valence-corrected chi connectivity index (χ1v) is 9.04. The van der Waals surface area contributed by atoms with Crippen LogP contribution in [0.1, 0.15) is 24.5 Å². The Morgan fingerprint density at radius 2 is 1.92 bits per heavy atom. The fourth-order valence-corrected chi connectivity index (χ4v) is 2.40. The van der Waals surface area contributed by atoms with Gasteiger partial charge in [-0.25, -0.2) is 0 Å². The molecule has 2 N–H and O–H groups in total. The monoisotopic (exact) mass is 356 g/mol. The summed E-state index contributed by atoms with van der Waals surface area (Å²) < 4.78 is 10.9. The van der Waals surface area contributed by atoms with E-state index in [2.05, 4.69) is 10.6 Å². The van der Waals surface area contributed by atoms with Crippen LogP contribution in [-0.4, -0.2) is 32.3 Å². The predicted octanol–water partition coefficient (Wildman–Crippen LogP) is 3.53. The van der Waals surface area contributed by atoms with Gasteiger partial charge in [0.1, 0.15) is 5.75 Å². The molecule has 0 fully saturated rings.